The van der Waals surface area contributed by atoms with Crippen molar-refractivity contribution in [1.29, 1.82) is 0 Å². The fourth-order valence-electron chi connectivity index (χ4n) is 4.60. The Morgan fingerprint density at radius 3 is 2.69 bits per heavy atom. The Balaban J connectivity index is 1.52. The zero-order valence-electron chi connectivity index (χ0n) is 18.4. The van der Waals surface area contributed by atoms with E-state index in [1.54, 1.807) is 18.5 Å². The first-order valence-corrected chi connectivity index (χ1v) is 11.1. The Labute approximate surface area is 198 Å². The molecule has 3 aromatic rings. The number of aliphatic hydroxyl groups excluding tert-OH is 2. The van der Waals surface area contributed by atoms with Crippen LogP contribution in [0.5, 0.6) is 0 Å². The number of aliphatic hydroxyl groups is 2. The van der Waals surface area contributed by atoms with Crippen molar-refractivity contribution in [3.63, 3.8) is 0 Å². The van der Waals surface area contributed by atoms with Gasteiger partial charge in [-0.2, -0.15) is 0 Å². The number of pyridine rings is 1. The van der Waals surface area contributed by atoms with Crippen molar-refractivity contribution < 1.29 is 37.6 Å². The van der Waals surface area contributed by atoms with Gasteiger partial charge in [-0.1, -0.05) is 11.3 Å². The van der Waals surface area contributed by atoms with Crippen LogP contribution in [-0.2, 0) is 20.8 Å². The molecule has 2 aromatic heterocycles. The maximum absolute atomic E-state index is 13.8. The summed E-state index contributed by atoms with van der Waals surface area (Å²) in [7, 11) is 0. The molecule has 2 saturated heterocycles. The molecule has 2 aliphatic rings. The van der Waals surface area contributed by atoms with Gasteiger partial charge in [0.1, 0.15) is 30.0 Å². The molecule has 0 saturated carbocycles. The van der Waals surface area contributed by atoms with E-state index in [9.17, 15) is 23.4 Å². The summed E-state index contributed by atoms with van der Waals surface area (Å²) in [5.74, 6) is -5.58. The summed E-state index contributed by atoms with van der Waals surface area (Å²) in [4.78, 5) is 4.07. The lowest BCUT2D eigenvalue weighted by Gasteiger charge is -2.49. The van der Waals surface area contributed by atoms with Gasteiger partial charge in [-0.3, -0.25) is 4.98 Å². The van der Waals surface area contributed by atoms with E-state index < -0.39 is 54.2 Å². The molecular formula is C23H23F3N4O5. The van der Waals surface area contributed by atoms with Gasteiger partial charge in [0.2, 0.25) is 0 Å². The quantitative estimate of drug-likeness (QED) is 0.504. The zero-order valence-corrected chi connectivity index (χ0v) is 18.4. The molecule has 5 atom stereocenters. The highest BCUT2D eigenvalue weighted by Gasteiger charge is 2.58. The highest BCUT2D eigenvalue weighted by Crippen LogP contribution is 2.45. The number of ether oxygens (including phenoxy) is 3. The lowest BCUT2D eigenvalue weighted by atomic mass is 9.88. The third-order valence-corrected chi connectivity index (χ3v) is 6.27. The van der Waals surface area contributed by atoms with Gasteiger partial charge >= 0.3 is 0 Å². The van der Waals surface area contributed by atoms with Crippen molar-refractivity contribution in [3.8, 4) is 11.3 Å². The first kappa shape index (κ1) is 23.8. The third kappa shape index (κ3) is 4.43. The number of hydrogen-bond donors (Lipinski definition) is 2. The monoisotopic (exact) mass is 492 g/mol. The molecule has 2 N–H and O–H groups in total. The Hall–Kier alpha value is -2.90. The summed E-state index contributed by atoms with van der Waals surface area (Å²) in [5.41, 5.74) is 0.789. The second-order valence-electron chi connectivity index (χ2n) is 8.51. The van der Waals surface area contributed by atoms with E-state index in [0.717, 1.165) is 17.7 Å². The van der Waals surface area contributed by atoms with Crippen LogP contribution in [0.4, 0.5) is 13.2 Å². The molecule has 0 amide bonds. The summed E-state index contributed by atoms with van der Waals surface area (Å²) in [6.07, 6.45) is 2.56. The SMILES string of the molecule is OC[C@H]1O[C@@]2(CCCO2)[C@H](OCc2cccnc2)[C@@H](n2cc(-c3cc(F)c(F)c(F)c3)nn2)[C@H]1O. The van der Waals surface area contributed by atoms with Crippen molar-refractivity contribution in [3.05, 3.63) is 65.9 Å². The Bertz CT molecular complexity index is 1150. The van der Waals surface area contributed by atoms with Gasteiger partial charge in [0, 0.05) is 24.4 Å². The van der Waals surface area contributed by atoms with Crippen molar-refractivity contribution in [2.24, 2.45) is 0 Å². The number of aromatic nitrogens is 4. The maximum Gasteiger partial charge on any atom is 0.197 e. The summed E-state index contributed by atoms with van der Waals surface area (Å²) in [5, 5.41) is 29.0. The van der Waals surface area contributed by atoms with Crippen LogP contribution in [0.2, 0.25) is 0 Å². The van der Waals surface area contributed by atoms with E-state index in [0.29, 0.717) is 19.4 Å². The van der Waals surface area contributed by atoms with E-state index in [1.807, 2.05) is 6.07 Å². The average molecular weight is 492 g/mol. The molecule has 0 aliphatic carbocycles. The van der Waals surface area contributed by atoms with Crippen LogP contribution in [0.25, 0.3) is 11.3 Å². The van der Waals surface area contributed by atoms with Crippen molar-refractivity contribution in [2.45, 2.75) is 49.6 Å². The topological polar surface area (TPSA) is 112 Å². The molecule has 1 spiro atoms. The molecule has 2 fully saturated rings. The fourth-order valence-corrected chi connectivity index (χ4v) is 4.60. The largest absolute Gasteiger partial charge is 0.394 e. The molecule has 1 aromatic carbocycles. The van der Waals surface area contributed by atoms with Gasteiger partial charge in [-0.15, -0.1) is 5.10 Å². The van der Waals surface area contributed by atoms with Crippen LogP contribution >= 0.6 is 0 Å². The van der Waals surface area contributed by atoms with Gasteiger partial charge in [-0.25, -0.2) is 17.9 Å². The summed E-state index contributed by atoms with van der Waals surface area (Å²) in [6.45, 7) is 0.0222. The van der Waals surface area contributed by atoms with E-state index in [1.165, 1.54) is 10.9 Å². The van der Waals surface area contributed by atoms with Crippen molar-refractivity contribution >= 4 is 0 Å². The highest BCUT2D eigenvalue weighted by molar-refractivity contribution is 5.57. The van der Waals surface area contributed by atoms with Crippen LogP contribution in [0.15, 0.2) is 42.9 Å². The molecular weight excluding hydrogens is 469 g/mol. The lowest BCUT2D eigenvalue weighted by molar-refractivity contribution is -0.348. The van der Waals surface area contributed by atoms with Crippen LogP contribution in [0.3, 0.4) is 0 Å². The van der Waals surface area contributed by atoms with Crippen molar-refractivity contribution in [1.82, 2.24) is 20.0 Å². The van der Waals surface area contributed by atoms with E-state index in [4.69, 9.17) is 14.2 Å². The molecule has 9 nitrogen and oxygen atoms in total. The van der Waals surface area contributed by atoms with Gasteiger partial charge in [0.05, 0.1) is 26.0 Å². The second kappa shape index (κ2) is 9.63. The van der Waals surface area contributed by atoms with Gasteiger partial charge in [0.25, 0.3) is 0 Å². The van der Waals surface area contributed by atoms with Crippen molar-refractivity contribution in [2.75, 3.05) is 13.2 Å². The van der Waals surface area contributed by atoms with Crippen LogP contribution < -0.4 is 0 Å². The lowest BCUT2D eigenvalue weighted by Crippen LogP contribution is -2.63. The molecule has 5 rings (SSSR count). The highest BCUT2D eigenvalue weighted by atomic mass is 19.2. The van der Waals surface area contributed by atoms with Crippen LogP contribution in [0, 0.1) is 17.5 Å². The average Bonchev–Trinajstić information content (AvgIpc) is 3.54. The summed E-state index contributed by atoms with van der Waals surface area (Å²) >= 11 is 0. The number of nitrogens with zero attached hydrogens (tertiary/aromatic N) is 4. The molecule has 12 heteroatoms. The third-order valence-electron chi connectivity index (χ3n) is 6.27. The normalized spacial score (nSPS) is 28.6. The molecule has 4 heterocycles. The first-order valence-electron chi connectivity index (χ1n) is 11.1. The number of rotatable bonds is 6. The molecule has 186 valence electrons. The molecule has 35 heavy (non-hydrogen) atoms. The minimum atomic E-state index is -1.59. The Morgan fingerprint density at radius 1 is 1.23 bits per heavy atom. The minimum absolute atomic E-state index is 0.0347. The van der Waals surface area contributed by atoms with Gasteiger partial charge in [0.15, 0.2) is 23.2 Å². The summed E-state index contributed by atoms with van der Waals surface area (Å²) in [6, 6.07) is 4.26. The first-order chi connectivity index (χ1) is 16.9. The van der Waals surface area contributed by atoms with E-state index in [2.05, 4.69) is 15.3 Å². The van der Waals surface area contributed by atoms with E-state index >= 15 is 0 Å². The fraction of sp³-hybridized carbons (Fsp3) is 0.435. The predicted molar refractivity (Wildman–Crippen MR) is 113 cm³/mol. The molecule has 0 unspecified atom stereocenters. The Kier molecular flexibility index (Phi) is 6.55. The number of halogens is 3. The van der Waals surface area contributed by atoms with E-state index in [-0.39, 0.29) is 17.9 Å². The number of hydrogen-bond acceptors (Lipinski definition) is 8. The Morgan fingerprint density at radius 2 is 2.03 bits per heavy atom. The second-order valence-corrected chi connectivity index (χ2v) is 8.51. The van der Waals surface area contributed by atoms with Gasteiger partial charge in [-0.05, 0) is 30.2 Å². The van der Waals surface area contributed by atoms with Crippen LogP contribution in [0.1, 0.15) is 24.4 Å². The van der Waals surface area contributed by atoms with Gasteiger partial charge < -0.3 is 24.4 Å². The number of benzene rings is 1. The smallest absolute Gasteiger partial charge is 0.197 e. The predicted octanol–water partition coefficient (Wildman–Crippen LogP) is 2.14. The molecule has 2 aliphatic heterocycles. The van der Waals surface area contributed by atoms with Crippen LogP contribution in [-0.4, -0.2) is 67.5 Å². The maximum atomic E-state index is 13.8. The molecule has 0 radical (unpaired) electrons. The zero-order chi connectivity index (χ0) is 24.6. The standard InChI is InChI=1S/C23H23F3N4O5/c24-15-7-14(8-16(25)19(15)26)17-10-30(29-28-17)20-21(32)18(11-31)35-23(4-2-6-34-23)22(20)33-12-13-3-1-5-27-9-13/h1,3,5,7-10,18,20-22,31-32H,2,4,6,11-12H2/t18-,20+,21+,22-,23+/m1/s1. The summed E-state index contributed by atoms with van der Waals surface area (Å²) < 4.78 is 60.4. The minimum Gasteiger partial charge on any atom is -0.394 e. The molecule has 0 bridgehead atoms.